The predicted octanol–water partition coefficient (Wildman–Crippen LogP) is 4.68. The number of rotatable bonds is 9. The molecule has 0 aromatic carbocycles. The van der Waals surface area contributed by atoms with Crippen molar-refractivity contribution < 1.29 is 0 Å². The fourth-order valence-corrected chi connectivity index (χ4v) is 10.1. The van der Waals surface area contributed by atoms with E-state index >= 15 is 0 Å². The first-order valence-electron chi connectivity index (χ1n) is 7.30. The van der Waals surface area contributed by atoms with E-state index < -0.39 is 16.3 Å². The average molecular weight is 272 g/mol. The van der Waals surface area contributed by atoms with E-state index in [0.29, 0.717) is 0 Å². The zero-order valence-electron chi connectivity index (χ0n) is 13.0. The van der Waals surface area contributed by atoms with Crippen molar-refractivity contribution in [2.24, 2.45) is 0 Å². The quantitative estimate of drug-likeness (QED) is 0.551. The van der Waals surface area contributed by atoms with Gasteiger partial charge in [-0.2, -0.15) is 0 Å². The first-order valence-corrected chi connectivity index (χ1v) is 13.1. The van der Waals surface area contributed by atoms with E-state index in [1.807, 2.05) is 0 Å². The molecule has 3 heteroatoms. The van der Waals surface area contributed by atoms with Crippen LogP contribution in [-0.2, 0) is 0 Å². The molecule has 0 aliphatic carbocycles. The Labute approximate surface area is 111 Å². The molecule has 1 nitrogen and oxygen atoms in total. The molecule has 0 rings (SSSR count). The van der Waals surface area contributed by atoms with Gasteiger partial charge in [0.1, 0.15) is 8.24 Å². The van der Waals surface area contributed by atoms with Gasteiger partial charge in [0.05, 0.1) is 8.07 Å². The van der Waals surface area contributed by atoms with Crippen molar-refractivity contribution in [3.05, 3.63) is 12.3 Å². The Kier molecular flexibility index (Phi) is 7.60. The Morgan fingerprint density at radius 3 is 1.76 bits per heavy atom. The fraction of sp³-hybridized carbons (Fsp3) is 0.857. The van der Waals surface area contributed by atoms with Crippen molar-refractivity contribution in [1.82, 2.24) is 4.57 Å². The van der Waals surface area contributed by atoms with Gasteiger partial charge < -0.3 is 4.57 Å². The molecule has 0 N–H and O–H groups in total. The minimum Gasteiger partial charge on any atom is -0.325 e. The topological polar surface area (TPSA) is 3.24 Å². The maximum absolute atomic E-state index is 4.06. The average Bonchev–Trinajstić information content (AvgIpc) is 2.32. The van der Waals surface area contributed by atoms with Gasteiger partial charge in [-0.1, -0.05) is 40.8 Å². The largest absolute Gasteiger partial charge is 0.325 e. The molecule has 0 atom stereocenters. The van der Waals surface area contributed by atoms with Gasteiger partial charge in [0.25, 0.3) is 0 Å². The van der Waals surface area contributed by atoms with Crippen molar-refractivity contribution in [3.8, 4) is 0 Å². The lowest BCUT2D eigenvalue weighted by Gasteiger charge is -2.43. The normalized spacial score (nSPS) is 13.1. The smallest absolute Gasteiger partial charge is 0.127 e. The summed E-state index contributed by atoms with van der Waals surface area (Å²) >= 11 is 0. The Morgan fingerprint density at radius 2 is 1.47 bits per heavy atom. The van der Waals surface area contributed by atoms with Crippen molar-refractivity contribution in [1.29, 1.82) is 0 Å². The van der Waals surface area contributed by atoms with Gasteiger partial charge in [-0.3, -0.25) is 0 Å². The summed E-state index contributed by atoms with van der Waals surface area (Å²) in [5, 5.41) is 0. The third-order valence-electron chi connectivity index (χ3n) is 4.29. The third kappa shape index (κ3) is 4.72. The SMILES string of the molecule is C=C[Si](C)(C)CN(CCC)[Si](CC)(CC)CC. The van der Waals surface area contributed by atoms with Crippen LogP contribution < -0.4 is 0 Å². The standard InChI is InChI=1S/C14H33NSi2/c1-8-13-15(14-16(6,7)9-2)17(10-3,11-4)12-5/h9H,2,8,10-14H2,1,3-7H3. The Balaban J connectivity index is 4.98. The lowest BCUT2D eigenvalue weighted by molar-refractivity contribution is 0.463. The van der Waals surface area contributed by atoms with Gasteiger partial charge in [-0.05, 0) is 37.3 Å². The van der Waals surface area contributed by atoms with Crippen LogP contribution in [0.4, 0.5) is 0 Å². The van der Waals surface area contributed by atoms with Gasteiger partial charge in [0.15, 0.2) is 0 Å². The van der Waals surface area contributed by atoms with Crippen LogP contribution in [0.5, 0.6) is 0 Å². The van der Waals surface area contributed by atoms with Crippen LogP contribution in [-0.4, -0.2) is 33.6 Å². The molecule has 0 aliphatic heterocycles. The summed E-state index contributed by atoms with van der Waals surface area (Å²) in [5.41, 5.74) is 2.26. The summed E-state index contributed by atoms with van der Waals surface area (Å²) in [5.74, 6) is 0. The van der Waals surface area contributed by atoms with E-state index in [0.717, 1.165) is 0 Å². The maximum Gasteiger partial charge on any atom is 0.127 e. The molecule has 102 valence electrons. The summed E-state index contributed by atoms with van der Waals surface area (Å²) in [6.45, 7) is 19.8. The van der Waals surface area contributed by atoms with Gasteiger partial charge in [0, 0.05) is 0 Å². The molecule has 0 saturated heterocycles. The summed E-state index contributed by atoms with van der Waals surface area (Å²) in [7, 11) is -2.39. The predicted molar refractivity (Wildman–Crippen MR) is 86.7 cm³/mol. The highest BCUT2D eigenvalue weighted by Gasteiger charge is 2.36. The number of nitrogens with zero attached hydrogens (tertiary/aromatic N) is 1. The Morgan fingerprint density at radius 1 is 1.00 bits per heavy atom. The monoisotopic (exact) mass is 271 g/mol. The summed E-state index contributed by atoms with van der Waals surface area (Å²) in [4.78, 5) is 0. The summed E-state index contributed by atoms with van der Waals surface area (Å²) in [6, 6.07) is 4.21. The minimum atomic E-state index is -1.21. The Hall–Kier alpha value is 0.134. The Bertz CT molecular complexity index is 214. The molecule has 0 aromatic heterocycles. The second-order valence-electron chi connectivity index (χ2n) is 5.90. The van der Waals surface area contributed by atoms with Crippen molar-refractivity contribution in [3.63, 3.8) is 0 Å². The fourth-order valence-electron chi connectivity index (χ4n) is 2.73. The van der Waals surface area contributed by atoms with Crippen LogP contribution in [0, 0.1) is 0 Å². The molecule has 0 amide bonds. The molecule has 0 saturated carbocycles. The first-order chi connectivity index (χ1) is 7.91. The number of hydrogen-bond acceptors (Lipinski definition) is 1. The summed E-state index contributed by atoms with van der Waals surface area (Å²) < 4.78 is 2.90. The molecule has 0 aliphatic rings. The second-order valence-corrected chi connectivity index (χ2v) is 15.8. The molecule has 0 aromatic rings. The van der Waals surface area contributed by atoms with Gasteiger partial charge >= 0.3 is 0 Å². The first kappa shape index (κ1) is 17.1. The van der Waals surface area contributed by atoms with Crippen LogP contribution in [0.3, 0.4) is 0 Å². The summed E-state index contributed by atoms with van der Waals surface area (Å²) in [6.07, 6.45) is 2.61. The zero-order chi connectivity index (χ0) is 13.5. The number of hydrogen-bond donors (Lipinski definition) is 0. The minimum absolute atomic E-state index is 1.17. The van der Waals surface area contributed by atoms with E-state index in [4.69, 9.17) is 0 Å². The molecule has 0 radical (unpaired) electrons. The molecule has 0 bridgehead atoms. The molecular formula is C14H33NSi2. The molecule has 0 spiro atoms. The highest BCUT2D eigenvalue weighted by molar-refractivity contribution is 6.84. The van der Waals surface area contributed by atoms with Gasteiger partial charge in [-0.15, -0.1) is 12.3 Å². The zero-order valence-corrected chi connectivity index (χ0v) is 15.0. The van der Waals surface area contributed by atoms with E-state index in [1.54, 1.807) is 0 Å². The van der Waals surface area contributed by atoms with Crippen LogP contribution >= 0.6 is 0 Å². The highest BCUT2D eigenvalue weighted by Crippen LogP contribution is 2.26. The van der Waals surface area contributed by atoms with Crippen molar-refractivity contribution in [2.45, 2.75) is 65.3 Å². The van der Waals surface area contributed by atoms with E-state index in [2.05, 4.69) is 57.6 Å². The maximum atomic E-state index is 4.06. The van der Waals surface area contributed by atoms with Gasteiger partial charge in [0.2, 0.25) is 0 Å². The van der Waals surface area contributed by atoms with Crippen LogP contribution in [0.25, 0.3) is 0 Å². The lowest BCUT2D eigenvalue weighted by atomic mass is 10.5. The van der Waals surface area contributed by atoms with Crippen molar-refractivity contribution >= 4 is 16.3 Å². The van der Waals surface area contributed by atoms with E-state index in [9.17, 15) is 0 Å². The van der Waals surface area contributed by atoms with Crippen molar-refractivity contribution in [2.75, 3.05) is 12.7 Å². The van der Waals surface area contributed by atoms with Crippen LogP contribution in [0.2, 0.25) is 31.2 Å². The molecule has 0 unspecified atom stereocenters. The molecule has 17 heavy (non-hydrogen) atoms. The highest BCUT2D eigenvalue weighted by atomic mass is 28.3. The third-order valence-corrected chi connectivity index (χ3v) is 12.6. The van der Waals surface area contributed by atoms with E-state index in [1.165, 1.54) is 37.3 Å². The molecular weight excluding hydrogens is 238 g/mol. The lowest BCUT2D eigenvalue weighted by Crippen LogP contribution is -2.57. The van der Waals surface area contributed by atoms with E-state index in [-0.39, 0.29) is 0 Å². The van der Waals surface area contributed by atoms with Gasteiger partial charge in [-0.25, -0.2) is 0 Å². The molecule has 0 heterocycles. The van der Waals surface area contributed by atoms with Crippen LogP contribution in [0.15, 0.2) is 12.3 Å². The van der Waals surface area contributed by atoms with Crippen LogP contribution in [0.1, 0.15) is 34.1 Å². The molecule has 0 fully saturated rings. The second kappa shape index (κ2) is 7.54.